The van der Waals surface area contributed by atoms with Crippen molar-refractivity contribution in [1.29, 1.82) is 0 Å². The van der Waals surface area contributed by atoms with Gasteiger partial charge in [-0.15, -0.1) is 0 Å². The van der Waals surface area contributed by atoms with Crippen molar-refractivity contribution in [3.05, 3.63) is 29.6 Å². The SMILES string of the molecule is COc1ccc(CC(CNC(C)C)C2CCCC2)cc1F. The monoisotopic (exact) mass is 293 g/mol. The number of benzene rings is 1. The zero-order chi connectivity index (χ0) is 15.2. The summed E-state index contributed by atoms with van der Waals surface area (Å²) in [5.74, 6) is 1.46. The van der Waals surface area contributed by atoms with E-state index in [0.29, 0.717) is 17.7 Å². The molecular weight excluding hydrogens is 265 g/mol. The third kappa shape index (κ3) is 4.70. The first-order chi connectivity index (χ1) is 10.1. The average Bonchev–Trinajstić information content (AvgIpc) is 2.97. The highest BCUT2D eigenvalue weighted by Gasteiger charge is 2.25. The van der Waals surface area contributed by atoms with Crippen LogP contribution in [0.1, 0.15) is 45.1 Å². The van der Waals surface area contributed by atoms with Gasteiger partial charge in [-0.25, -0.2) is 4.39 Å². The van der Waals surface area contributed by atoms with E-state index in [9.17, 15) is 4.39 Å². The van der Waals surface area contributed by atoms with Gasteiger partial charge >= 0.3 is 0 Å². The first-order valence-corrected chi connectivity index (χ1v) is 8.16. The first-order valence-electron chi connectivity index (χ1n) is 8.16. The summed E-state index contributed by atoms with van der Waals surface area (Å²) in [4.78, 5) is 0. The van der Waals surface area contributed by atoms with Crippen LogP contribution in [-0.4, -0.2) is 19.7 Å². The van der Waals surface area contributed by atoms with Crippen LogP contribution in [-0.2, 0) is 6.42 Å². The highest BCUT2D eigenvalue weighted by Crippen LogP contribution is 2.33. The maximum Gasteiger partial charge on any atom is 0.165 e. The van der Waals surface area contributed by atoms with E-state index in [1.165, 1.54) is 32.8 Å². The van der Waals surface area contributed by atoms with Gasteiger partial charge in [-0.2, -0.15) is 0 Å². The van der Waals surface area contributed by atoms with Crippen LogP contribution in [0.5, 0.6) is 5.75 Å². The van der Waals surface area contributed by atoms with Crippen LogP contribution in [0.25, 0.3) is 0 Å². The van der Waals surface area contributed by atoms with Crippen molar-refractivity contribution < 1.29 is 9.13 Å². The minimum Gasteiger partial charge on any atom is -0.494 e. The quantitative estimate of drug-likeness (QED) is 0.814. The predicted molar refractivity (Wildman–Crippen MR) is 85.2 cm³/mol. The molecule has 1 unspecified atom stereocenters. The Labute approximate surface area is 128 Å². The lowest BCUT2D eigenvalue weighted by Gasteiger charge is -2.25. The summed E-state index contributed by atoms with van der Waals surface area (Å²) in [6.07, 6.45) is 6.29. The molecule has 2 nitrogen and oxygen atoms in total. The number of nitrogens with one attached hydrogen (secondary N) is 1. The van der Waals surface area contributed by atoms with Gasteiger partial charge in [0.25, 0.3) is 0 Å². The molecule has 1 atom stereocenters. The largest absolute Gasteiger partial charge is 0.494 e. The summed E-state index contributed by atoms with van der Waals surface area (Å²) in [7, 11) is 1.51. The number of hydrogen-bond donors (Lipinski definition) is 1. The van der Waals surface area contributed by atoms with Gasteiger partial charge in [-0.3, -0.25) is 0 Å². The Morgan fingerprint density at radius 3 is 2.57 bits per heavy atom. The topological polar surface area (TPSA) is 21.3 Å². The smallest absolute Gasteiger partial charge is 0.165 e. The third-order valence-corrected chi connectivity index (χ3v) is 4.57. The van der Waals surface area contributed by atoms with E-state index in [1.54, 1.807) is 12.1 Å². The van der Waals surface area contributed by atoms with Gasteiger partial charge in [0.2, 0.25) is 0 Å². The lowest BCUT2D eigenvalue weighted by atomic mass is 9.85. The Balaban J connectivity index is 2.04. The molecule has 0 spiro atoms. The lowest BCUT2D eigenvalue weighted by Crippen LogP contribution is -2.33. The van der Waals surface area contributed by atoms with Gasteiger partial charge in [-0.1, -0.05) is 45.6 Å². The molecule has 1 aliphatic rings. The summed E-state index contributed by atoms with van der Waals surface area (Å²) in [5.41, 5.74) is 1.08. The molecule has 1 aliphatic carbocycles. The van der Waals surface area contributed by atoms with E-state index in [2.05, 4.69) is 19.2 Å². The zero-order valence-corrected chi connectivity index (χ0v) is 13.5. The maximum absolute atomic E-state index is 13.9. The maximum atomic E-state index is 13.9. The van der Waals surface area contributed by atoms with E-state index in [1.807, 2.05) is 6.07 Å². The molecule has 0 aliphatic heterocycles. The fourth-order valence-corrected chi connectivity index (χ4v) is 3.36. The summed E-state index contributed by atoms with van der Waals surface area (Å²) < 4.78 is 18.8. The number of halogens is 1. The summed E-state index contributed by atoms with van der Waals surface area (Å²) >= 11 is 0. The van der Waals surface area contributed by atoms with Crippen LogP contribution in [0, 0.1) is 17.7 Å². The Bertz CT molecular complexity index is 441. The van der Waals surface area contributed by atoms with Crippen LogP contribution in [0.4, 0.5) is 4.39 Å². The number of methoxy groups -OCH3 is 1. The Morgan fingerprint density at radius 2 is 2.00 bits per heavy atom. The average molecular weight is 293 g/mol. The molecule has 118 valence electrons. The number of ether oxygens (including phenoxy) is 1. The lowest BCUT2D eigenvalue weighted by molar-refractivity contribution is 0.312. The zero-order valence-electron chi connectivity index (χ0n) is 13.5. The minimum absolute atomic E-state index is 0.253. The van der Waals surface area contributed by atoms with Crippen LogP contribution in [0.3, 0.4) is 0 Å². The molecule has 1 N–H and O–H groups in total. The van der Waals surface area contributed by atoms with Gasteiger partial charge in [0.15, 0.2) is 11.6 Å². The Morgan fingerprint density at radius 1 is 1.29 bits per heavy atom. The van der Waals surface area contributed by atoms with Crippen molar-refractivity contribution in [2.45, 2.75) is 52.0 Å². The second kappa shape index (κ2) is 7.79. The predicted octanol–water partition coefficient (Wildman–Crippen LogP) is 4.18. The van der Waals surface area contributed by atoms with Gasteiger partial charge < -0.3 is 10.1 Å². The van der Waals surface area contributed by atoms with Gasteiger partial charge in [0, 0.05) is 6.04 Å². The molecule has 0 aromatic heterocycles. The second-order valence-corrected chi connectivity index (χ2v) is 6.54. The highest BCUT2D eigenvalue weighted by molar-refractivity contribution is 5.29. The molecule has 3 heteroatoms. The van der Waals surface area contributed by atoms with Crippen molar-refractivity contribution >= 4 is 0 Å². The molecule has 1 aromatic carbocycles. The van der Waals surface area contributed by atoms with Crippen molar-refractivity contribution in [3.63, 3.8) is 0 Å². The van der Waals surface area contributed by atoms with Crippen LogP contribution >= 0.6 is 0 Å². The molecule has 1 saturated carbocycles. The highest BCUT2D eigenvalue weighted by atomic mass is 19.1. The molecule has 1 aromatic rings. The van der Waals surface area contributed by atoms with Crippen molar-refractivity contribution in [1.82, 2.24) is 5.32 Å². The van der Waals surface area contributed by atoms with Gasteiger partial charge in [-0.05, 0) is 42.5 Å². The minimum atomic E-state index is -0.253. The van der Waals surface area contributed by atoms with E-state index >= 15 is 0 Å². The van der Waals surface area contributed by atoms with E-state index in [0.717, 1.165) is 24.4 Å². The van der Waals surface area contributed by atoms with Crippen molar-refractivity contribution in [2.24, 2.45) is 11.8 Å². The molecule has 21 heavy (non-hydrogen) atoms. The summed E-state index contributed by atoms with van der Waals surface area (Å²) in [6.45, 7) is 5.38. The van der Waals surface area contributed by atoms with E-state index < -0.39 is 0 Å². The number of hydrogen-bond acceptors (Lipinski definition) is 2. The summed E-state index contributed by atoms with van der Waals surface area (Å²) in [5, 5.41) is 3.56. The standard InChI is InChI=1S/C18H28FNO/c1-13(2)20-12-16(15-6-4-5-7-15)10-14-8-9-18(21-3)17(19)11-14/h8-9,11,13,15-16,20H,4-7,10,12H2,1-3H3. The summed E-state index contributed by atoms with van der Waals surface area (Å²) in [6, 6.07) is 5.88. The van der Waals surface area contributed by atoms with Gasteiger partial charge in [0.1, 0.15) is 0 Å². The van der Waals surface area contributed by atoms with E-state index in [-0.39, 0.29) is 5.82 Å². The fourth-order valence-electron chi connectivity index (χ4n) is 3.36. The molecule has 0 bridgehead atoms. The second-order valence-electron chi connectivity index (χ2n) is 6.54. The van der Waals surface area contributed by atoms with E-state index in [4.69, 9.17) is 4.74 Å². The Kier molecular flexibility index (Phi) is 6.04. The molecule has 0 heterocycles. The molecule has 0 radical (unpaired) electrons. The molecule has 2 rings (SSSR count). The normalized spacial score (nSPS) is 17.4. The molecule has 0 amide bonds. The molecule has 1 fully saturated rings. The molecular formula is C18H28FNO. The van der Waals surface area contributed by atoms with Crippen LogP contribution < -0.4 is 10.1 Å². The van der Waals surface area contributed by atoms with Crippen molar-refractivity contribution in [3.8, 4) is 5.75 Å². The number of rotatable bonds is 7. The fraction of sp³-hybridized carbons (Fsp3) is 0.667. The van der Waals surface area contributed by atoms with Crippen LogP contribution in [0.15, 0.2) is 18.2 Å². The first kappa shape index (κ1) is 16.3. The third-order valence-electron chi connectivity index (χ3n) is 4.57. The molecule has 0 saturated heterocycles. The Hall–Kier alpha value is -1.09. The van der Waals surface area contributed by atoms with Crippen LogP contribution in [0.2, 0.25) is 0 Å². The van der Waals surface area contributed by atoms with Crippen molar-refractivity contribution in [2.75, 3.05) is 13.7 Å². The van der Waals surface area contributed by atoms with Gasteiger partial charge in [0.05, 0.1) is 7.11 Å².